The van der Waals surface area contributed by atoms with Gasteiger partial charge in [0.1, 0.15) is 5.69 Å². The number of benzene rings is 1. The Bertz CT molecular complexity index is 907. The molecule has 2 aromatic rings. The van der Waals surface area contributed by atoms with Gasteiger partial charge in [-0.05, 0) is 26.2 Å². The molecule has 0 aliphatic heterocycles. The predicted octanol–water partition coefficient (Wildman–Crippen LogP) is 2.61. The first kappa shape index (κ1) is 24.4. The average Bonchev–Trinajstić information content (AvgIpc) is 2.61. The summed E-state index contributed by atoms with van der Waals surface area (Å²) in [6.07, 6.45) is -5.12. The quantitative estimate of drug-likeness (QED) is 0.360. The van der Waals surface area contributed by atoms with Crippen LogP contribution >= 0.6 is 31.3 Å². The van der Waals surface area contributed by atoms with Crippen LogP contribution in [0.4, 0.5) is 17.6 Å². The van der Waals surface area contributed by atoms with Crippen LogP contribution in [0.3, 0.4) is 0 Å². The van der Waals surface area contributed by atoms with E-state index < -0.39 is 35.4 Å². The van der Waals surface area contributed by atoms with Gasteiger partial charge in [-0.15, -0.1) is 18.5 Å². The van der Waals surface area contributed by atoms with Gasteiger partial charge in [-0.3, -0.25) is 0 Å². The molecule has 1 aromatic carbocycles. The Hall–Kier alpha value is -0.820. The molecule has 0 aliphatic carbocycles. The van der Waals surface area contributed by atoms with Crippen molar-refractivity contribution in [2.24, 2.45) is 5.73 Å². The van der Waals surface area contributed by atoms with E-state index in [1.165, 1.54) is 16.4 Å². The second kappa shape index (κ2) is 8.37. The second-order valence-corrected chi connectivity index (χ2v) is 9.02. The van der Waals surface area contributed by atoms with Crippen molar-refractivity contribution in [1.82, 2.24) is 9.29 Å². The van der Waals surface area contributed by atoms with E-state index in [1.807, 2.05) is 0 Å². The Morgan fingerprint density at radius 3 is 2.10 bits per heavy atom. The van der Waals surface area contributed by atoms with E-state index in [1.54, 1.807) is 33.0 Å². The van der Waals surface area contributed by atoms with Crippen LogP contribution in [-0.4, -0.2) is 34.2 Å². The highest BCUT2D eigenvalue weighted by molar-refractivity contribution is 7.77. The summed E-state index contributed by atoms with van der Waals surface area (Å²) >= 11 is 4.23. The molecule has 1 aromatic heterocycles. The maximum Gasteiger partial charge on any atom is 0.424 e. The van der Waals surface area contributed by atoms with Crippen molar-refractivity contribution < 1.29 is 22.7 Å². The third kappa shape index (κ3) is 4.32. The molecule has 0 bridgehead atoms. The number of aromatic nitrogens is 1. The van der Waals surface area contributed by atoms with Gasteiger partial charge < -0.3 is 10.8 Å². The highest BCUT2D eigenvalue weighted by atomic mass is 32.1. The number of hydrogen-bond acceptors (Lipinski definition) is 5. The molecule has 0 aliphatic rings. The normalized spacial score (nSPS) is 14.9. The highest BCUT2D eigenvalue weighted by Crippen LogP contribution is 2.41. The first-order valence-corrected chi connectivity index (χ1v) is 10.0. The Kier molecular flexibility index (Phi) is 7.06. The Morgan fingerprint density at radius 2 is 1.69 bits per heavy atom. The fourth-order valence-electron chi connectivity index (χ4n) is 2.83. The fourth-order valence-corrected chi connectivity index (χ4v) is 3.91. The van der Waals surface area contributed by atoms with Crippen LogP contribution < -0.4 is 16.3 Å². The predicted molar refractivity (Wildman–Crippen MR) is 117 cm³/mol. The zero-order valence-electron chi connectivity index (χ0n) is 16.0. The molecule has 1 heterocycles. The zero-order valence-corrected chi connectivity index (χ0v) is 19.3. The van der Waals surface area contributed by atoms with Crippen molar-refractivity contribution in [3.63, 3.8) is 0 Å². The molecule has 160 valence electrons. The molecule has 2 rings (SSSR count). The number of pyridine rings is 1. The molecule has 11 heteroatoms. The minimum Gasteiger partial charge on any atom is -0.374 e. The third-order valence-corrected chi connectivity index (χ3v) is 6.38. The molecule has 0 saturated carbocycles. The molecule has 29 heavy (non-hydrogen) atoms. The lowest BCUT2D eigenvalue weighted by Crippen LogP contribution is -2.52. The summed E-state index contributed by atoms with van der Waals surface area (Å²) in [7, 11) is 6.08. The fraction of sp³-hybridized carbons (Fsp3) is 0.389. The first-order valence-electron chi connectivity index (χ1n) is 8.46. The topological polar surface area (TPSA) is 62.4 Å². The number of halogens is 4. The number of thiol groups is 1. The number of nitrogens with zero attached hydrogens (tertiary/aromatic N) is 2. The second-order valence-electron chi connectivity index (χ2n) is 7.18. The van der Waals surface area contributed by atoms with Gasteiger partial charge >= 0.3 is 6.18 Å². The maximum atomic E-state index is 15.6. The van der Waals surface area contributed by atoms with E-state index >= 15 is 4.39 Å². The number of alkyl halides is 3. The van der Waals surface area contributed by atoms with E-state index in [0.29, 0.717) is 0 Å². The summed E-state index contributed by atoms with van der Waals surface area (Å²) in [4.78, 5) is 3.92. The summed E-state index contributed by atoms with van der Waals surface area (Å²) in [5, 5.41) is 11.0. The van der Waals surface area contributed by atoms with Crippen LogP contribution in [0, 0.1) is 5.82 Å². The zero-order chi connectivity index (χ0) is 22.4. The van der Waals surface area contributed by atoms with Gasteiger partial charge in [0, 0.05) is 23.0 Å². The Balaban J connectivity index is 2.99. The van der Waals surface area contributed by atoms with Gasteiger partial charge in [0.05, 0.1) is 11.2 Å². The number of aliphatic hydroxyl groups is 1. The summed E-state index contributed by atoms with van der Waals surface area (Å²) in [5.41, 5.74) is -0.177. The molecule has 0 amide bonds. The van der Waals surface area contributed by atoms with Crippen LogP contribution in [0.2, 0.25) is 0 Å². The van der Waals surface area contributed by atoms with Crippen LogP contribution in [0.25, 0.3) is 11.3 Å². The molecule has 4 nitrogen and oxygen atoms in total. The minimum atomic E-state index is -5.12. The molecule has 2 unspecified atom stereocenters. The summed E-state index contributed by atoms with van der Waals surface area (Å²) in [6.45, 7) is 2.03. The first-order chi connectivity index (χ1) is 13.2. The van der Waals surface area contributed by atoms with Crippen molar-refractivity contribution in [3.05, 3.63) is 41.3 Å². The van der Waals surface area contributed by atoms with Gasteiger partial charge in [0.2, 0.25) is 5.60 Å². The van der Waals surface area contributed by atoms with Crippen LogP contribution in [-0.2, 0) is 11.1 Å². The minimum absolute atomic E-state index is 0.0916. The summed E-state index contributed by atoms with van der Waals surface area (Å²) in [6, 6.07) is 6.39. The van der Waals surface area contributed by atoms with E-state index in [-0.39, 0.29) is 22.1 Å². The monoisotopic (exact) mass is 467 g/mol. The maximum absolute atomic E-state index is 15.6. The SMILES string of the molecule is CN(S)C(C)(C)c1c(F)c(-c2ccc(P)cc2)nc([C@](O)(CN)C(F)(F)F)c1P. The molecule has 0 fully saturated rings. The van der Waals surface area contributed by atoms with Gasteiger partial charge in [-0.1, -0.05) is 37.1 Å². The van der Waals surface area contributed by atoms with Crippen LogP contribution in [0.5, 0.6) is 0 Å². The lowest BCUT2D eigenvalue weighted by atomic mass is 9.88. The van der Waals surface area contributed by atoms with Gasteiger partial charge in [-0.2, -0.15) is 13.2 Å². The third-order valence-electron chi connectivity index (χ3n) is 4.94. The van der Waals surface area contributed by atoms with E-state index in [9.17, 15) is 18.3 Å². The summed E-state index contributed by atoms with van der Waals surface area (Å²) < 4.78 is 58.2. The molecule has 0 saturated heterocycles. The van der Waals surface area contributed by atoms with Crippen LogP contribution in [0.1, 0.15) is 25.1 Å². The van der Waals surface area contributed by atoms with Crippen molar-refractivity contribution in [2.45, 2.75) is 31.2 Å². The molecule has 3 N–H and O–H groups in total. The van der Waals surface area contributed by atoms with Crippen molar-refractivity contribution in [2.75, 3.05) is 13.6 Å². The number of nitrogens with two attached hydrogens (primary N) is 1. The molecule has 3 atom stereocenters. The average molecular weight is 467 g/mol. The van der Waals surface area contributed by atoms with E-state index in [0.717, 1.165) is 5.30 Å². The molecule has 0 spiro atoms. The van der Waals surface area contributed by atoms with E-state index in [2.05, 4.69) is 36.3 Å². The van der Waals surface area contributed by atoms with Gasteiger partial charge in [0.15, 0.2) is 5.82 Å². The lowest BCUT2D eigenvalue weighted by molar-refractivity contribution is -0.263. The van der Waals surface area contributed by atoms with Gasteiger partial charge in [-0.25, -0.2) is 13.7 Å². The van der Waals surface area contributed by atoms with Crippen molar-refractivity contribution in [3.8, 4) is 11.3 Å². The molecular formula is C18H23F4N3OP2S. The molecule has 0 radical (unpaired) electrons. The van der Waals surface area contributed by atoms with E-state index in [4.69, 9.17) is 5.73 Å². The summed E-state index contributed by atoms with van der Waals surface area (Å²) in [5.74, 6) is -0.803. The lowest BCUT2D eigenvalue weighted by Gasteiger charge is -2.37. The van der Waals surface area contributed by atoms with Crippen molar-refractivity contribution >= 4 is 41.9 Å². The smallest absolute Gasteiger partial charge is 0.374 e. The Morgan fingerprint density at radius 1 is 1.17 bits per heavy atom. The Labute approximate surface area is 177 Å². The largest absolute Gasteiger partial charge is 0.424 e. The number of hydrogen-bond donors (Lipinski definition) is 3. The van der Waals surface area contributed by atoms with Gasteiger partial charge in [0.25, 0.3) is 0 Å². The van der Waals surface area contributed by atoms with Crippen LogP contribution in [0.15, 0.2) is 24.3 Å². The van der Waals surface area contributed by atoms with Crippen molar-refractivity contribution in [1.29, 1.82) is 0 Å². The molecular weight excluding hydrogens is 444 g/mol. The standard InChI is InChI=1S/C18H23F4N3OP2S/c1-16(2,25(3)29)11-12(19)13(9-4-6-10(27)7-5-9)24-15(14(11)28)17(26,8-23)18(20,21)22/h4-7,26,29H,8,23,27-28H2,1-3H3/t17-/m1/s1. The highest BCUT2D eigenvalue weighted by Gasteiger charge is 2.57. The number of rotatable bonds is 5.